The largest absolute Gasteiger partial charge is 0.352 e. The van der Waals surface area contributed by atoms with Crippen molar-refractivity contribution >= 4 is 17.5 Å². The fourth-order valence-corrected chi connectivity index (χ4v) is 2.65. The Morgan fingerprint density at radius 2 is 2.00 bits per heavy atom. The van der Waals surface area contributed by atoms with Gasteiger partial charge in [0, 0.05) is 44.3 Å². The first-order chi connectivity index (χ1) is 13.1. The zero-order valence-corrected chi connectivity index (χ0v) is 15.1. The number of nitrogens with zero attached hydrogens (tertiary/aromatic N) is 4. The van der Waals surface area contributed by atoms with Crippen LogP contribution in [0.2, 0.25) is 0 Å². The van der Waals surface area contributed by atoms with E-state index in [0.29, 0.717) is 25.1 Å². The van der Waals surface area contributed by atoms with E-state index in [1.165, 1.54) is 0 Å². The molecule has 0 spiro atoms. The van der Waals surface area contributed by atoms with Crippen molar-refractivity contribution in [3.8, 4) is 0 Å². The Balaban J connectivity index is 1.45. The SMILES string of the molecule is Cn1cc(CCC(=O)NCc2cccc(NC(=O)Cn3cccn3)c2)cn1. The summed E-state index contributed by atoms with van der Waals surface area (Å²) in [6.07, 6.45) is 8.10. The van der Waals surface area contributed by atoms with Crippen LogP contribution in [0.3, 0.4) is 0 Å². The molecule has 27 heavy (non-hydrogen) atoms. The molecule has 2 amide bonds. The van der Waals surface area contributed by atoms with Gasteiger partial charge >= 0.3 is 0 Å². The Morgan fingerprint density at radius 1 is 1.11 bits per heavy atom. The molecule has 0 bridgehead atoms. The number of rotatable bonds is 8. The normalized spacial score (nSPS) is 10.6. The summed E-state index contributed by atoms with van der Waals surface area (Å²) in [7, 11) is 1.85. The third-order valence-corrected chi connectivity index (χ3v) is 3.96. The molecule has 8 heteroatoms. The topological polar surface area (TPSA) is 93.8 Å². The molecule has 2 heterocycles. The predicted molar refractivity (Wildman–Crippen MR) is 101 cm³/mol. The summed E-state index contributed by atoms with van der Waals surface area (Å²) in [6.45, 7) is 0.567. The van der Waals surface area contributed by atoms with Crippen LogP contribution in [-0.2, 0) is 36.1 Å². The van der Waals surface area contributed by atoms with Gasteiger partial charge in [-0.3, -0.25) is 19.0 Å². The van der Waals surface area contributed by atoms with Gasteiger partial charge in [-0.2, -0.15) is 10.2 Å². The molecule has 3 aromatic rings. The first kappa shape index (κ1) is 18.4. The fourth-order valence-electron chi connectivity index (χ4n) is 2.65. The second-order valence-corrected chi connectivity index (χ2v) is 6.25. The molecule has 0 radical (unpaired) electrons. The molecule has 0 aliphatic rings. The Bertz CT molecular complexity index is 901. The Labute approximate surface area is 157 Å². The maximum Gasteiger partial charge on any atom is 0.246 e. The summed E-state index contributed by atoms with van der Waals surface area (Å²) < 4.78 is 3.28. The minimum Gasteiger partial charge on any atom is -0.352 e. The summed E-state index contributed by atoms with van der Waals surface area (Å²) in [5.74, 6) is -0.177. The van der Waals surface area contributed by atoms with Crippen LogP contribution in [0, 0.1) is 0 Å². The molecule has 0 fully saturated rings. The molecular formula is C19H22N6O2. The van der Waals surface area contributed by atoms with Gasteiger partial charge in [-0.1, -0.05) is 12.1 Å². The zero-order valence-electron chi connectivity index (χ0n) is 15.1. The van der Waals surface area contributed by atoms with Gasteiger partial charge in [0.2, 0.25) is 11.8 Å². The minimum atomic E-state index is -0.156. The average molecular weight is 366 g/mol. The third kappa shape index (κ3) is 5.81. The number of anilines is 1. The summed E-state index contributed by atoms with van der Waals surface area (Å²) >= 11 is 0. The molecule has 8 nitrogen and oxygen atoms in total. The first-order valence-corrected chi connectivity index (χ1v) is 8.69. The van der Waals surface area contributed by atoms with Crippen LogP contribution in [0.15, 0.2) is 55.1 Å². The van der Waals surface area contributed by atoms with Gasteiger partial charge in [0.1, 0.15) is 6.54 Å². The van der Waals surface area contributed by atoms with E-state index in [1.54, 1.807) is 34.0 Å². The molecule has 3 rings (SSSR count). The zero-order chi connectivity index (χ0) is 19.1. The van der Waals surface area contributed by atoms with E-state index in [0.717, 1.165) is 11.1 Å². The van der Waals surface area contributed by atoms with E-state index in [1.807, 2.05) is 37.5 Å². The van der Waals surface area contributed by atoms with E-state index < -0.39 is 0 Å². The lowest BCUT2D eigenvalue weighted by Crippen LogP contribution is -2.23. The molecule has 0 saturated carbocycles. The van der Waals surface area contributed by atoms with E-state index in [4.69, 9.17) is 0 Å². The van der Waals surface area contributed by atoms with Gasteiger partial charge in [-0.25, -0.2) is 0 Å². The minimum absolute atomic E-state index is 0.0213. The first-order valence-electron chi connectivity index (χ1n) is 8.69. The van der Waals surface area contributed by atoms with Crippen molar-refractivity contribution in [3.05, 3.63) is 66.2 Å². The number of benzene rings is 1. The van der Waals surface area contributed by atoms with Gasteiger partial charge in [-0.15, -0.1) is 0 Å². The number of carbonyl (C=O) groups excluding carboxylic acids is 2. The van der Waals surface area contributed by atoms with Crippen LogP contribution in [-0.4, -0.2) is 31.4 Å². The molecule has 0 atom stereocenters. The highest BCUT2D eigenvalue weighted by Gasteiger charge is 2.06. The van der Waals surface area contributed by atoms with Gasteiger partial charge in [0.05, 0.1) is 6.20 Å². The highest BCUT2D eigenvalue weighted by molar-refractivity contribution is 5.90. The molecular weight excluding hydrogens is 344 g/mol. The van der Waals surface area contributed by atoms with Gasteiger partial charge < -0.3 is 10.6 Å². The van der Waals surface area contributed by atoms with Crippen molar-refractivity contribution in [3.63, 3.8) is 0 Å². The van der Waals surface area contributed by atoms with Crippen molar-refractivity contribution in [2.45, 2.75) is 25.9 Å². The number of hydrogen-bond acceptors (Lipinski definition) is 4. The fraction of sp³-hybridized carbons (Fsp3) is 0.263. The number of hydrogen-bond donors (Lipinski definition) is 2. The Morgan fingerprint density at radius 3 is 2.74 bits per heavy atom. The van der Waals surface area contributed by atoms with Gasteiger partial charge in [-0.05, 0) is 35.7 Å². The van der Waals surface area contributed by atoms with Crippen molar-refractivity contribution in [2.24, 2.45) is 7.05 Å². The second kappa shape index (κ2) is 8.79. The van der Waals surface area contributed by atoms with E-state index >= 15 is 0 Å². The van der Waals surface area contributed by atoms with E-state index in [-0.39, 0.29) is 18.4 Å². The van der Waals surface area contributed by atoms with Gasteiger partial charge in [0.25, 0.3) is 0 Å². The van der Waals surface area contributed by atoms with E-state index in [2.05, 4.69) is 20.8 Å². The predicted octanol–water partition coefficient (Wildman–Crippen LogP) is 1.50. The van der Waals surface area contributed by atoms with Gasteiger partial charge in [0.15, 0.2) is 0 Å². The van der Waals surface area contributed by atoms with Crippen LogP contribution in [0.5, 0.6) is 0 Å². The molecule has 0 unspecified atom stereocenters. The molecule has 2 N–H and O–H groups in total. The molecule has 0 saturated heterocycles. The smallest absolute Gasteiger partial charge is 0.246 e. The highest BCUT2D eigenvalue weighted by Crippen LogP contribution is 2.11. The third-order valence-electron chi connectivity index (χ3n) is 3.96. The number of carbonyl (C=O) groups is 2. The van der Waals surface area contributed by atoms with Crippen molar-refractivity contribution in [1.29, 1.82) is 0 Å². The standard InChI is InChI=1S/C19H22N6O2/c1-24-13-16(12-22-24)6-7-18(26)20-11-15-4-2-5-17(10-15)23-19(27)14-25-9-3-8-21-25/h2-5,8-10,12-13H,6-7,11,14H2,1H3,(H,20,26)(H,23,27). The lowest BCUT2D eigenvalue weighted by atomic mass is 10.1. The molecule has 1 aromatic carbocycles. The number of aromatic nitrogens is 4. The van der Waals surface area contributed by atoms with E-state index in [9.17, 15) is 9.59 Å². The molecule has 140 valence electrons. The molecule has 0 aliphatic heterocycles. The molecule has 2 aromatic heterocycles. The Hall–Kier alpha value is -3.42. The van der Waals surface area contributed by atoms with Crippen molar-refractivity contribution in [2.75, 3.05) is 5.32 Å². The second-order valence-electron chi connectivity index (χ2n) is 6.25. The van der Waals surface area contributed by atoms with Crippen LogP contribution in [0.25, 0.3) is 0 Å². The van der Waals surface area contributed by atoms with Crippen LogP contribution in [0.1, 0.15) is 17.5 Å². The van der Waals surface area contributed by atoms with Crippen LogP contribution >= 0.6 is 0 Å². The van der Waals surface area contributed by atoms with Crippen molar-refractivity contribution in [1.82, 2.24) is 24.9 Å². The highest BCUT2D eigenvalue weighted by atomic mass is 16.2. The summed E-state index contributed by atoms with van der Waals surface area (Å²) in [5.41, 5.74) is 2.64. The quantitative estimate of drug-likeness (QED) is 0.632. The average Bonchev–Trinajstić information content (AvgIpc) is 3.30. The van der Waals surface area contributed by atoms with Crippen LogP contribution in [0.4, 0.5) is 5.69 Å². The van der Waals surface area contributed by atoms with Crippen molar-refractivity contribution < 1.29 is 9.59 Å². The van der Waals surface area contributed by atoms with Crippen LogP contribution < -0.4 is 10.6 Å². The maximum atomic E-state index is 12.0. The monoisotopic (exact) mass is 366 g/mol. The lowest BCUT2D eigenvalue weighted by Gasteiger charge is -2.09. The number of amides is 2. The Kier molecular flexibility index (Phi) is 5.98. The summed E-state index contributed by atoms with van der Waals surface area (Å²) in [6, 6.07) is 9.19. The lowest BCUT2D eigenvalue weighted by molar-refractivity contribution is -0.121. The summed E-state index contributed by atoms with van der Waals surface area (Å²) in [4.78, 5) is 24.0. The number of aryl methyl sites for hydroxylation is 2. The summed E-state index contributed by atoms with van der Waals surface area (Å²) in [5, 5.41) is 13.8. The number of nitrogens with one attached hydrogen (secondary N) is 2. The maximum absolute atomic E-state index is 12.0. The molecule has 0 aliphatic carbocycles.